The molecule has 2 amide bonds. The normalized spacial score (nSPS) is 15.8. The van der Waals surface area contributed by atoms with Crippen LogP contribution < -0.4 is 5.32 Å². The Hall–Kier alpha value is -3.48. The summed E-state index contributed by atoms with van der Waals surface area (Å²) in [4.78, 5) is 30.9. The summed E-state index contributed by atoms with van der Waals surface area (Å²) < 4.78 is 1.88. The summed E-state index contributed by atoms with van der Waals surface area (Å²) in [7, 11) is 0. The number of aromatic nitrogens is 3. The third-order valence-electron chi connectivity index (χ3n) is 4.82. The SMILES string of the molecule is CC(=O)Nc1cccc(C(=O)N2CCn3nc(-c4ccccc4)nc3[C@@H]2C)c1. The van der Waals surface area contributed by atoms with Gasteiger partial charge in [0.2, 0.25) is 5.91 Å². The quantitative estimate of drug-likeness (QED) is 0.763. The molecule has 1 aromatic heterocycles. The first-order valence-electron chi connectivity index (χ1n) is 9.22. The lowest BCUT2D eigenvalue weighted by Crippen LogP contribution is -2.41. The van der Waals surface area contributed by atoms with Gasteiger partial charge < -0.3 is 10.2 Å². The molecular formula is C21H21N5O2. The van der Waals surface area contributed by atoms with Crippen LogP contribution in [0, 0.1) is 0 Å². The van der Waals surface area contributed by atoms with Crippen molar-refractivity contribution in [3.05, 3.63) is 66.0 Å². The second-order valence-corrected chi connectivity index (χ2v) is 6.82. The highest BCUT2D eigenvalue weighted by Crippen LogP contribution is 2.28. The van der Waals surface area contributed by atoms with Crippen LogP contribution in [0.2, 0.25) is 0 Å². The molecule has 0 bridgehead atoms. The highest BCUT2D eigenvalue weighted by atomic mass is 16.2. The summed E-state index contributed by atoms with van der Waals surface area (Å²) in [5.74, 6) is 1.19. The lowest BCUT2D eigenvalue weighted by Gasteiger charge is -2.33. The molecule has 28 heavy (non-hydrogen) atoms. The number of rotatable bonds is 3. The van der Waals surface area contributed by atoms with Gasteiger partial charge in [-0.3, -0.25) is 9.59 Å². The lowest BCUT2D eigenvalue weighted by molar-refractivity contribution is -0.114. The summed E-state index contributed by atoms with van der Waals surface area (Å²) in [6.45, 7) is 4.55. The molecule has 0 fully saturated rings. The van der Waals surface area contributed by atoms with Crippen LogP contribution in [-0.2, 0) is 11.3 Å². The smallest absolute Gasteiger partial charge is 0.254 e. The molecule has 1 N–H and O–H groups in total. The third-order valence-corrected chi connectivity index (χ3v) is 4.82. The maximum Gasteiger partial charge on any atom is 0.254 e. The fourth-order valence-corrected chi connectivity index (χ4v) is 3.45. The highest BCUT2D eigenvalue weighted by molar-refractivity contribution is 5.97. The Morgan fingerprint density at radius 2 is 1.86 bits per heavy atom. The molecule has 7 heteroatoms. The molecule has 3 aromatic rings. The number of hydrogen-bond donors (Lipinski definition) is 1. The second-order valence-electron chi connectivity index (χ2n) is 6.82. The number of fused-ring (bicyclic) bond motifs is 1. The van der Waals surface area contributed by atoms with Crippen LogP contribution >= 0.6 is 0 Å². The van der Waals surface area contributed by atoms with Crippen molar-refractivity contribution in [2.24, 2.45) is 0 Å². The van der Waals surface area contributed by atoms with Crippen LogP contribution in [0.1, 0.15) is 36.1 Å². The number of nitrogens with one attached hydrogen (secondary N) is 1. The van der Waals surface area contributed by atoms with Crippen LogP contribution in [-0.4, -0.2) is 38.0 Å². The van der Waals surface area contributed by atoms with Gasteiger partial charge in [0, 0.05) is 30.3 Å². The fourth-order valence-electron chi connectivity index (χ4n) is 3.45. The molecule has 1 atom stereocenters. The van der Waals surface area contributed by atoms with Crippen molar-refractivity contribution in [2.75, 3.05) is 11.9 Å². The van der Waals surface area contributed by atoms with Gasteiger partial charge >= 0.3 is 0 Å². The Kier molecular flexibility index (Phi) is 4.65. The monoisotopic (exact) mass is 375 g/mol. The number of carbonyl (C=O) groups excluding carboxylic acids is 2. The largest absolute Gasteiger partial charge is 0.327 e. The summed E-state index contributed by atoms with van der Waals surface area (Å²) in [6, 6.07) is 16.6. The zero-order valence-electron chi connectivity index (χ0n) is 15.8. The van der Waals surface area contributed by atoms with Gasteiger partial charge in [-0.25, -0.2) is 9.67 Å². The summed E-state index contributed by atoms with van der Waals surface area (Å²) in [5.41, 5.74) is 2.10. The molecule has 0 saturated heterocycles. The molecule has 7 nitrogen and oxygen atoms in total. The number of amides is 2. The Balaban J connectivity index is 1.59. The Morgan fingerprint density at radius 1 is 1.07 bits per heavy atom. The van der Waals surface area contributed by atoms with Gasteiger partial charge in [0.1, 0.15) is 5.82 Å². The van der Waals surface area contributed by atoms with Gasteiger partial charge in [0.05, 0.1) is 12.6 Å². The van der Waals surface area contributed by atoms with Crippen LogP contribution in [0.15, 0.2) is 54.6 Å². The van der Waals surface area contributed by atoms with E-state index < -0.39 is 0 Å². The summed E-state index contributed by atoms with van der Waals surface area (Å²) >= 11 is 0. The molecule has 0 unspecified atom stereocenters. The summed E-state index contributed by atoms with van der Waals surface area (Å²) in [5, 5.41) is 7.32. The standard InChI is InChI=1S/C21H21N5O2/c1-14-20-23-19(16-7-4-3-5-8-16)24-26(20)12-11-25(14)21(28)17-9-6-10-18(13-17)22-15(2)27/h3-10,13-14H,11-12H2,1-2H3,(H,22,27)/t14-/m0/s1. The molecule has 0 spiro atoms. The van der Waals surface area contributed by atoms with E-state index in [1.807, 2.05) is 41.9 Å². The van der Waals surface area contributed by atoms with E-state index in [0.717, 1.165) is 11.4 Å². The maximum atomic E-state index is 13.1. The first kappa shape index (κ1) is 17.9. The van der Waals surface area contributed by atoms with Crippen molar-refractivity contribution in [3.8, 4) is 11.4 Å². The predicted octanol–water partition coefficient (Wildman–Crippen LogP) is 3.12. The molecule has 0 radical (unpaired) electrons. The lowest BCUT2D eigenvalue weighted by atomic mass is 10.1. The second kappa shape index (κ2) is 7.26. The van der Waals surface area contributed by atoms with E-state index in [4.69, 9.17) is 0 Å². The molecule has 0 aliphatic carbocycles. The van der Waals surface area contributed by atoms with E-state index in [1.165, 1.54) is 6.92 Å². The zero-order chi connectivity index (χ0) is 19.7. The highest BCUT2D eigenvalue weighted by Gasteiger charge is 2.31. The van der Waals surface area contributed by atoms with Gasteiger partial charge in [-0.15, -0.1) is 0 Å². The van der Waals surface area contributed by atoms with Crippen molar-refractivity contribution >= 4 is 17.5 Å². The van der Waals surface area contributed by atoms with E-state index >= 15 is 0 Å². The average Bonchev–Trinajstić information content (AvgIpc) is 3.14. The molecule has 0 saturated carbocycles. The predicted molar refractivity (Wildman–Crippen MR) is 106 cm³/mol. The molecule has 1 aliphatic rings. The van der Waals surface area contributed by atoms with E-state index in [9.17, 15) is 9.59 Å². The maximum absolute atomic E-state index is 13.1. The van der Waals surface area contributed by atoms with Crippen molar-refractivity contribution in [3.63, 3.8) is 0 Å². The van der Waals surface area contributed by atoms with Gasteiger partial charge in [-0.2, -0.15) is 5.10 Å². The third kappa shape index (κ3) is 3.38. The Morgan fingerprint density at radius 3 is 2.61 bits per heavy atom. The zero-order valence-corrected chi connectivity index (χ0v) is 15.8. The van der Waals surface area contributed by atoms with Crippen LogP contribution in [0.4, 0.5) is 5.69 Å². The van der Waals surface area contributed by atoms with Gasteiger partial charge in [-0.05, 0) is 25.1 Å². The van der Waals surface area contributed by atoms with E-state index in [0.29, 0.717) is 30.2 Å². The summed E-state index contributed by atoms with van der Waals surface area (Å²) in [6.07, 6.45) is 0. The average molecular weight is 375 g/mol. The van der Waals surface area contributed by atoms with Crippen LogP contribution in [0.25, 0.3) is 11.4 Å². The molecule has 142 valence electrons. The molecule has 4 rings (SSSR count). The van der Waals surface area contributed by atoms with Gasteiger partial charge in [0.25, 0.3) is 5.91 Å². The molecule has 2 heterocycles. The van der Waals surface area contributed by atoms with Crippen molar-refractivity contribution < 1.29 is 9.59 Å². The first-order chi connectivity index (χ1) is 13.5. The number of anilines is 1. The Labute approximate surface area is 163 Å². The number of benzene rings is 2. The van der Waals surface area contributed by atoms with Crippen LogP contribution in [0.3, 0.4) is 0 Å². The first-order valence-corrected chi connectivity index (χ1v) is 9.22. The van der Waals surface area contributed by atoms with Crippen molar-refractivity contribution in [2.45, 2.75) is 26.4 Å². The van der Waals surface area contributed by atoms with E-state index in [2.05, 4.69) is 15.4 Å². The van der Waals surface area contributed by atoms with E-state index in [-0.39, 0.29) is 17.9 Å². The number of carbonyl (C=O) groups is 2. The topological polar surface area (TPSA) is 80.1 Å². The van der Waals surface area contributed by atoms with Crippen molar-refractivity contribution in [1.82, 2.24) is 19.7 Å². The van der Waals surface area contributed by atoms with Gasteiger partial charge in [-0.1, -0.05) is 36.4 Å². The molecule has 2 aromatic carbocycles. The minimum absolute atomic E-state index is 0.0878. The molecule has 1 aliphatic heterocycles. The Bertz CT molecular complexity index is 1030. The number of nitrogens with zero attached hydrogens (tertiary/aromatic N) is 4. The van der Waals surface area contributed by atoms with E-state index in [1.54, 1.807) is 29.2 Å². The van der Waals surface area contributed by atoms with Crippen molar-refractivity contribution in [1.29, 1.82) is 0 Å². The minimum atomic E-state index is -0.198. The molecular weight excluding hydrogens is 354 g/mol. The fraction of sp³-hybridized carbons (Fsp3) is 0.238. The van der Waals surface area contributed by atoms with Crippen LogP contribution in [0.5, 0.6) is 0 Å². The van der Waals surface area contributed by atoms with Gasteiger partial charge in [0.15, 0.2) is 5.82 Å². The minimum Gasteiger partial charge on any atom is -0.327 e. The number of hydrogen-bond acceptors (Lipinski definition) is 4.